The molecule has 0 spiro atoms. The fourth-order valence-corrected chi connectivity index (χ4v) is 2.90. The summed E-state index contributed by atoms with van der Waals surface area (Å²) >= 11 is 0.418. The highest BCUT2D eigenvalue weighted by Gasteiger charge is 2.33. The molecule has 1 fully saturated rings. The van der Waals surface area contributed by atoms with E-state index < -0.39 is 11.1 Å². The lowest BCUT2D eigenvalue weighted by Gasteiger charge is -2.16. The van der Waals surface area contributed by atoms with Gasteiger partial charge in [0.05, 0.1) is 11.6 Å². The summed E-state index contributed by atoms with van der Waals surface area (Å²) in [6.07, 6.45) is -2.62. The summed E-state index contributed by atoms with van der Waals surface area (Å²) in [5, 5.41) is 9.08. The summed E-state index contributed by atoms with van der Waals surface area (Å²) in [7, 11) is 1.65. The molecule has 5 nitrogen and oxygen atoms in total. The first-order valence-electron chi connectivity index (χ1n) is 7.32. The number of hydrogen-bond donors (Lipinski definition) is 0. The van der Waals surface area contributed by atoms with Gasteiger partial charge in [0, 0.05) is 19.2 Å². The Kier molecular flexibility index (Phi) is 4.39. The highest BCUT2D eigenvalue weighted by atomic mass is 32.1. The summed E-state index contributed by atoms with van der Waals surface area (Å²) < 4.78 is 43.3. The zero-order chi connectivity index (χ0) is 18.2. The molecular formula is C16H12F3N3O2S. The number of thiophene rings is 1. The predicted octanol–water partition coefficient (Wildman–Crippen LogP) is 4.06. The molecule has 0 saturated heterocycles. The van der Waals surface area contributed by atoms with Crippen molar-refractivity contribution in [1.29, 1.82) is 5.26 Å². The Hall–Kier alpha value is -2.60. The Bertz CT molecular complexity index is 853. The van der Waals surface area contributed by atoms with E-state index in [0.717, 1.165) is 18.9 Å². The van der Waals surface area contributed by atoms with Crippen LogP contribution in [0.3, 0.4) is 0 Å². The van der Waals surface area contributed by atoms with Crippen LogP contribution in [-0.4, -0.2) is 28.9 Å². The molecule has 25 heavy (non-hydrogen) atoms. The molecule has 0 N–H and O–H groups in total. The van der Waals surface area contributed by atoms with Crippen LogP contribution in [0.25, 0.3) is 0 Å². The van der Waals surface area contributed by atoms with Gasteiger partial charge in [0.25, 0.3) is 5.91 Å². The van der Waals surface area contributed by atoms with Gasteiger partial charge in [-0.25, -0.2) is 4.98 Å². The van der Waals surface area contributed by atoms with E-state index >= 15 is 0 Å². The van der Waals surface area contributed by atoms with Crippen LogP contribution in [0.5, 0.6) is 10.9 Å². The number of aromatic nitrogens is 1. The van der Waals surface area contributed by atoms with Gasteiger partial charge in [-0.3, -0.25) is 4.79 Å². The number of carbonyl (C=O) groups excluding carboxylic acids is 1. The van der Waals surface area contributed by atoms with Gasteiger partial charge in [0.1, 0.15) is 10.6 Å². The molecule has 3 rings (SSSR count). The minimum atomic E-state index is -4.46. The standard InChI is InChI=1S/C16H12F3N3O2S/c1-22(10-2-3-10)15(23)11-6-9(8-20)7-13(21-11)24-14-5-4-12(25-14)16(17,18)19/h4-7,10H,2-3H2,1H3. The maximum Gasteiger partial charge on any atom is 0.425 e. The molecule has 2 aromatic rings. The van der Waals surface area contributed by atoms with Crippen molar-refractivity contribution < 1.29 is 22.7 Å². The number of amides is 1. The Morgan fingerprint density at radius 1 is 1.40 bits per heavy atom. The van der Waals surface area contributed by atoms with E-state index in [9.17, 15) is 18.0 Å². The second kappa shape index (κ2) is 6.37. The normalized spacial score (nSPS) is 14.0. The maximum absolute atomic E-state index is 12.6. The lowest BCUT2D eigenvalue weighted by molar-refractivity contribution is -0.134. The summed E-state index contributed by atoms with van der Waals surface area (Å²) in [5.74, 6) is -0.450. The van der Waals surface area contributed by atoms with Crippen molar-refractivity contribution in [3.63, 3.8) is 0 Å². The molecule has 1 aliphatic carbocycles. The zero-order valence-electron chi connectivity index (χ0n) is 13.0. The van der Waals surface area contributed by atoms with Crippen LogP contribution < -0.4 is 4.74 Å². The number of carbonyl (C=O) groups is 1. The highest BCUT2D eigenvalue weighted by molar-refractivity contribution is 7.13. The van der Waals surface area contributed by atoms with E-state index in [1.54, 1.807) is 11.9 Å². The molecule has 0 aliphatic heterocycles. The fourth-order valence-electron chi connectivity index (χ4n) is 2.17. The number of ether oxygens (including phenoxy) is 1. The summed E-state index contributed by atoms with van der Waals surface area (Å²) in [6.45, 7) is 0. The van der Waals surface area contributed by atoms with Gasteiger partial charge in [-0.05, 0) is 31.0 Å². The smallest absolute Gasteiger partial charge is 0.425 e. The number of rotatable bonds is 4. The van der Waals surface area contributed by atoms with Gasteiger partial charge in [0.15, 0.2) is 5.06 Å². The Balaban J connectivity index is 1.86. The van der Waals surface area contributed by atoms with Gasteiger partial charge < -0.3 is 9.64 Å². The van der Waals surface area contributed by atoms with Crippen LogP contribution in [0.4, 0.5) is 13.2 Å². The SMILES string of the molecule is CN(C(=O)c1cc(C#N)cc(Oc2ccc(C(F)(F)F)s2)n1)C1CC1. The largest absolute Gasteiger partial charge is 0.428 e. The van der Waals surface area contributed by atoms with Crippen molar-refractivity contribution in [2.75, 3.05) is 7.05 Å². The molecule has 0 aromatic carbocycles. The third-order valence-electron chi connectivity index (χ3n) is 3.63. The second-order valence-electron chi connectivity index (χ2n) is 5.56. The quantitative estimate of drug-likeness (QED) is 0.817. The predicted molar refractivity (Wildman–Crippen MR) is 83.5 cm³/mol. The number of pyridine rings is 1. The minimum Gasteiger partial charge on any atom is -0.428 e. The number of nitrogens with zero attached hydrogens (tertiary/aromatic N) is 3. The van der Waals surface area contributed by atoms with E-state index in [1.807, 2.05) is 6.07 Å². The van der Waals surface area contributed by atoms with E-state index in [-0.39, 0.29) is 34.1 Å². The topological polar surface area (TPSA) is 66.2 Å². The van der Waals surface area contributed by atoms with Gasteiger partial charge >= 0.3 is 6.18 Å². The fraction of sp³-hybridized carbons (Fsp3) is 0.312. The molecular weight excluding hydrogens is 355 g/mol. The van der Waals surface area contributed by atoms with Gasteiger partial charge in [-0.1, -0.05) is 11.3 Å². The lowest BCUT2D eigenvalue weighted by atomic mass is 10.2. The third-order valence-corrected chi connectivity index (χ3v) is 4.64. The van der Waals surface area contributed by atoms with E-state index in [1.165, 1.54) is 18.2 Å². The second-order valence-corrected chi connectivity index (χ2v) is 6.60. The molecule has 2 heterocycles. The average Bonchev–Trinajstić information content (AvgIpc) is 3.31. The molecule has 1 amide bonds. The Morgan fingerprint density at radius 3 is 2.68 bits per heavy atom. The summed E-state index contributed by atoms with van der Waals surface area (Å²) in [5.41, 5.74) is 0.168. The van der Waals surface area contributed by atoms with Gasteiger partial charge in [-0.15, -0.1) is 0 Å². The van der Waals surface area contributed by atoms with Crippen molar-refractivity contribution in [2.24, 2.45) is 0 Å². The van der Waals surface area contributed by atoms with Crippen LogP contribution >= 0.6 is 11.3 Å². The average molecular weight is 367 g/mol. The van der Waals surface area contributed by atoms with Crippen molar-refractivity contribution in [3.05, 3.63) is 40.4 Å². The zero-order valence-corrected chi connectivity index (χ0v) is 13.8. The molecule has 2 aromatic heterocycles. The van der Waals surface area contributed by atoms with E-state index in [2.05, 4.69) is 4.98 Å². The third kappa shape index (κ3) is 3.91. The Labute approximate surface area is 145 Å². The van der Waals surface area contributed by atoms with Crippen molar-refractivity contribution in [1.82, 2.24) is 9.88 Å². The van der Waals surface area contributed by atoms with Crippen molar-refractivity contribution in [3.8, 4) is 17.0 Å². The van der Waals surface area contributed by atoms with Crippen LogP contribution in [0.1, 0.15) is 33.8 Å². The highest BCUT2D eigenvalue weighted by Crippen LogP contribution is 2.39. The first-order valence-corrected chi connectivity index (χ1v) is 8.14. The van der Waals surface area contributed by atoms with Crippen LogP contribution in [0.15, 0.2) is 24.3 Å². The molecule has 1 aliphatic rings. The van der Waals surface area contributed by atoms with Crippen molar-refractivity contribution in [2.45, 2.75) is 25.1 Å². The number of alkyl halides is 3. The molecule has 9 heteroatoms. The van der Waals surface area contributed by atoms with Gasteiger partial charge in [0.2, 0.25) is 5.88 Å². The monoisotopic (exact) mass is 367 g/mol. The first kappa shape index (κ1) is 17.2. The van der Waals surface area contributed by atoms with Crippen LogP contribution in [0.2, 0.25) is 0 Å². The number of nitriles is 1. The van der Waals surface area contributed by atoms with Crippen LogP contribution in [-0.2, 0) is 6.18 Å². The van der Waals surface area contributed by atoms with Crippen molar-refractivity contribution >= 4 is 17.2 Å². The molecule has 0 radical (unpaired) electrons. The first-order chi connectivity index (χ1) is 11.8. The minimum absolute atomic E-state index is 0.0241. The Morgan fingerprint density at radius 2 is 2.12 bits per heavy atom. The molecule has 1 saturated carbocycles. The van der Waals surface area contributed by atoms with E-state index in [0.29, 0.717) is 11.3 Å². The molecule has 0 bridgehead atoms. The van der Waals surface area contributed by atoms with Gasteiger partial charge in [-0.2, -0.15) is 18.4 Å². The number of hydrogen-bond acceptors (Lipinski definition) is 5. The maximum atomic E-state index is 12.6. The molecule has 0 unspecified atom stereocenters. The lowest BCUT2D eigenvalue weighted by Crippen LogP contribution is -2.29. The summed E-state index contributed by atoms with van der Waals surface area (Å²) in [4.78, 5) is 17.2. The summed E-state index contributed by atoms with van der Waals surface area (Å²) in [6, 6.07) is 6.75. The van der Waals surface area contributed by atoms with E-state index in [4.69, 9.17) is 10.00 Å². The number of halogens is 3. The molecule has 0 atom stereocenters. The van der Waals surface area contributed by atoms with Crippen LogP contribution in [0, 0.1) is 11.3 Å². The molecule has 130 valence electrons.